The van der Waals surface area contributed by atoms with Crippen LogP contribution in [0.1, 0.15) is 81.3 Å². The molecule has 0 saturated carbocycles. The Morgan fingerprint density at radius 2 is 0.949 bits per heavy atom. The molecule has 98 heavy (non-hydrogen) atoms. The maximum absolute atomic E-state index is 14.2. The van der Waals surface area contributed by atoms with Crippen molar-refractivity contribution in [2.45, 2.75) is 145 Å². The maximum Gasteiger partial charge on any atom is 0.472 e. The molecule has 0 amide bonds. The Labute approximate surface area is 546 Å². The van der Waals surface area contributed by atoms with Crippen molar-refractivity contribution in [1.82, 2.24) is 67.7 Å². The first-order valence-corrected chi connectivity index (χ1v) is 35.5. The highest BCUT2D eigenvalue weighted by Crippen LogP contribution is 2.55. The summed E-state index contributed by atoms with van der Waals surface area (Å²) in [5.74, 6) is -0.351. The molecule has 19 atom stereocenters. The van der Waals surface area contributed by atoms with Gasteiger partial charge in [-0.05, 0) is 26.8 Å². The lowest BCUT2D eigenvalue weighted by molar-refractivity contribution is -0.0637. The van der Waals surface area contributed by atoms with Crippen LogP contribution < -0.4 is 50.9 Å². The standard InChI is InChI=1S/C49H63N17O28P4/c1-20-11-63(48(72)60-43(20)68)34-8-25(92-96(76,77)82-13-28-23(67)6-33(87-28)62-5-4-32(50)57-47(62)71)30(89-34)15-84-98(80,81)94-27-10-37(66-19-56-39-42(66)58-46(52)59-45(39)70)90-31(27)16-85-97(78,79)93-26-9-35(64-12-21(2)44(69)61-49(64)73)88-29(26)14-83-95(74,75)91-24-7-36(86-22(24)3)65-18-55-38-40(51)53-17-54-41(38)65/h4-5,11-12,17-19,22-31,33-37,67H,6-10,13-16H2,1-3H3,(H,74,75)(H,76,77)(H,78,79)(H,80,81)(H2,50,57,71)(H2,51,53,54)(H,60,68,72)(H,61,69,73)(H3,52,58,59,70)/t22-,23+,24+,25+,26+,27+,28-,29-,30-,31-,33-,34-,35-,36-,37-/m1/s1. The minimum atomic E-state index is -5.53. The average molecular weight is 1460 g/mol. The highest BCUT2D eigenvalue weighted by Gasteiger charge is 2.50. The highest BCUT2D eigenvalue weighted by molar-refractivity contribution is 7.48. The van der Waals surface area contributed by atoms with E-state index in [9.17, 15) is 71.7 Å². The molecule has 532 valence electrons. The number of phosphoric acid groups is 4. The third-order valence-corrected chi connectivity index (χ3v) is 20.3. The fourth-order valence-corrected chi connectivity index (χ4v) is 15.4. The van der Waals surface area contributed by atoms with Gasteiger partial charge in [0.25, 0.3) is 16.7 Å². The number of aliphatic hydroxyl groups is 1. The van der Waals surface area contributed by atoms with E-state index in [2.05, 4.69) is 44.9 Å². The largest absolute Gasteiger partial charge is 0.472 e. The van der Waals surface area contributed by atoms with Crippen LogP contribution in [0.2, 0.25) is 0 Å². The van der Waals surface area contributed by atoms with Crippen LogP contribution in [0.3, 0.4) is 0 Å². The summed E-state index contributed by atoms with van der Waals surface area (Å²) in [7, 11) is -21.4. The van der Waals surface area contributed by atoms with Crippen LogP contribution in [-0.4, -0.2) is 180 Å². The van der Waals surface area contributed by atoms with Crippen molar-refractivity contribution in [3.05, 3.63) is 117 Å². The second-order valence-corrected chi connectivity index (χ2v) is 28.7. The lowest BCUT2D eigenvalue weighted by Crippen LogP contribution is -2.33. The number of aromatic amines is 3. The molecule has 5 aliphatic heterocycles. The predicted octanol–water partition coefficient (Wildman–Crippen LogP) is -1.49. The number of ether oxygens (including phenoxy) is 5. The number of aliphatic hydroxyl groups excluding tert-OH is 1. The van der Waals surface area contributed by atoms with Gasteiger partial charge in [-0.25, -0.2) is 52.6 Å². The molecule has 0 bridgehead atoms. The third-order valence-electron chi connectivity index (χ3n) is 16.3. The van der Waals surface area contributed by atoms with E-state index in [4.69, 9.17) is 77.1 Å². The van der Waals surface area contributed by atoms with Crippen molar-refractivity contribution in [1.29, 1.82) is 0 Å². The summed E-state index contributed by atoms with van der Waals surface area (Å²) >= 11 is 0. The number of H-pyrrole nitrogens is 3. The molecule has 5 fully saturated rings. The van der Waals surface area contributed by atoms with Gasteiger partial charge in [-0.2, -0.15) is 9.97 Å². The number of phosphoric ester groups is 4. The Bertz CT molecular complexity index is 4750. The van der Waals surface area contributed by atoms with E-state index in [0.717, 1.165) is 32.4 Å². The Kier molecular flexibility index (Phi) is 20.0. The number of imidazole rings is 2. The van der Waals surface area contributed by atoms with Gasteiger partial charge in [0.05, 0.1) is 57.4 Å². The second-order valence-electron chi connectivity index (χ2n) is 23.0. The van der Waals surface area contributed by atoms with Crippen LogP contribution in [-0.2, 0) is 78.1 Å². The van der Waals surface area contributed by atoms with E-state index >= 15 is 0 Å². The highest BCUT2D eigenvalue weighted by atomic mass is 31.2. The fourth-order valence-electron chi connectivity index (χ4n) is 11.5. The number of nitrogens with two attached hydrogens (primary N) is 3. The van der Waals surface area contributed by atoms with Gasteiger partial charge < -0.3 is 65.6 Å². The molecule has 0 aromatic carbocycles. The molecule has 5 saturated heterocycles. The van der Waals surface area contributed by atoms with E-state index < -0.39 is 203 Å². The number of hydrogen-bond donors (Lipinski definition) is 11. The number of nitrogens with zero attached hydrogens (tertiary/aromatic N) is 11. The number of aryl methyl sites for hydroxylation is 2. The summed E-state index contributed by atoms with van der Waals surface area (Å²) in [6.07, 6.45) is -15.3. The molecule has 7 aromatic heterocycles. The number of nitrogen functional groups attached to an aromatic ring is 3. The van der Waals surface area contributed by atoms with Crippen molar-refractivity contribution in [3.8, 4) is 0 Å². The van der Waals surface area contributed by atoms with Crippen molar-refractivity contribution in [2.75, 3.05) is 43.6 Å². The lowest BCUT2D eigenvalue weighted by atomic mass is 10.2. The van der Waals surface area contributed by atoms with Gasteiger partial charge in [0, 0.05) is 61.8 Å². The maximum atomic E-state index is 14.2. The predicted molar refractivity (Wildman–Crippen MR) is 324 cm³/mol. The van der Waals surface area contributed by atoms with E-state index in [-0.39, 0.29) is 58.2 Å². The van der Waals surface area contributed by atoms with Crippen molar-refractivity contribution < 1.29 is 103 Å². The third kappa shape index (κ3) is 15.5. The van der Waals surface area contributed by atoms with Gasteiger partial charge in [-0.1, -0.05) is 0 Å². The molecular weight excluding hydrogens is 1400 g/mol. The molecule has 0 aliphatic carbocycles. The minimum Gasteiger partial charge on any atom is -0.390 e. The van der Waals surface area contributed by atoms with Crippen molar-refractivity contribution >= 4 is 71.2 Å². The SMILES string of the molecule is Cc1cn([C@H]2C[C@H](OP(=O)(O)OC[C@H]3O[C@@H](n4cnc5c(=O)[nH]c(N)nc54)C[C@@H]3OP(=O)(O)OC[C@H]3O[C@@H](n4cc(C)c(=O)[nH]c4=O)C[C@@H]3OP(=O)(O)OC[C@H]3O[C@@H](n4ccc(N)nc4=O)C[C@@H]3O)[C@@H](COP(=O)(O)O[C@H]3C[C@H](n4cnc5c(N)ncnc54)O[C@@H]3C)O2)c(=O)[nH]c1=O. The molecule has 0 spiro atoms. The number of hydrogen-bond acceptors (Lipinski definition) is 33. The van der Waals surface area contributed by atoms with Gasteiger partial charge in [0.15, 0.2) is 22.6 Å². The zero-order valence-electron chi connectivity index (χ0n) is 51.1. The van der Waals surface area contributed by atoms with E-state index in [1.165, 1.54) is 47.9 Å². The molecule has 5 aliphatic rings. The molecule has 7 aromatic rings. The fraction of sp³-hybridized carbons (Fsp3) is 0.551. The summed E-state index contributed by atoms with van der Waals surface area (Å²) in [6.45, 7) is 0.439. The van der Waals surface area contributed by atoms with Gasteiger partial charge >= 0.3 is 48.4 Å². The molecule has 14 N–H and O–H groups in total. The number of aromatic nitrogens is 14. The molecule has 49 heteroatoms. The lowest BCUT2D eigenvalue weighted by Gasteiger charge is -2.25. The molecule has 45 nitrogen and oxygen atoms in total. The van der Waals surface area contributed by atoms with E-state index in [1.807, 2.05) is 0 Å². The molecule has 12 heterocycles. The first-order chi connectivity index (χ1) is 46.2. The first-order valence-electron chi connectivity index (χ1n) is 29.5. The normalized spacial score (nSPS) is 29.9. The molecule has 0 radical (unpaired) electrons. The Balaban J connectivity index is 0.742. The zero-order valence-corrected chi connectivity index (χ0v) is 54.7. The smallest absolute Gasteiger partial charge is 0.390 e. The summed E-state index contributed by atoms with van der Waals surface area (Å²) < 4.78 is 135. The van der Waals surface area contributed by atoms with E-state index in [0.29, 0.717) is 5.65 Å². The van der Waals surface area contributed by atoms with Gasteiger partial charge in [-0.3, -0.25) is 88.4 Å². The zero-order chi connectivity index (χ0) is 70.1. The minimum absolute atomic E-state index is 0.0214. The molecular formula is C49H63N17O28P4. The average Bonchev–Trinajstić information content (AvgIpc) is 1.63. The summed E-state index contributed by atoms with van der Waals surface area (Å²) in [5, 5.41) is 10.8. The van der Waals surface area contributed by atoms with Crippen molar-refractivity contribution in [3.63, 3.8) is 0 Å². The molecule has 4 unspecified atom stereocenters. The Morgan fingerprint density at radius 1 is 0.520 bits per heavy atom. The van der Waals surface area contributed by atoms with Gasteiger partial charge in [0.1, 0.15) is 91.5 Å². The topological polar surface area (TPSA) is 619 Å². The number of rotatable bonds is 25. The van der Waals surface area contributed by atoms with Crippen LogP contribution >= 0.6 is 31.3 Å². The van der Waals surface area contributed by atoms with Crippen LogP contribution in [0.5, 0.6) is 0 Å². The van der Waals surface area contributed by atoms with Gasteiger partial charge in [0.2, 0.25) is 5.95 Å². The number of fused-ring (bicyclic) bond motifs is 2. The van der Waals surface area contributed by atoms with Gasteiger partial charge in [-0.15, -0.1) is 0 Å². The second kappa shape index (κ2) is 27.7. The van der Waals surface area contributed by atoms with Crippen LogP contribution in [0, 0.1) is 13.8 Å². The van der Waals surface area contributed by atoms with Crippen LogP contribution in [0.25, 0.3) is 22.3 Å². The van der Waals surface area contributed by atoms with Crippen LogP contribution in [0.15, 0.2) is 72.4 Å². The Hall–Kier alpha value is -7.26. The number of anilines is 3. The van der Waals surface area contributed by atoms with Crippen molar-refractivity contribution in [2.24, 2.45) is 0 Å². The number of nitrogens with one attached hydrogen (secondary N) is 3. The monoisotopic (exact) mass is 1460 g/mol. The van der Waals surface area contributed by atoms with E-state index in [1.54, 1.807) is 6.92 Å². The summed E-state index contributed by atoms with van der Waals surface area (Å²) in [6, 6.07) is 1.30. The van der Waals surface area contributed by atoms with Crippen LogP contribution in [0.4, 0.5) is 17.6 Å². The first kappa shape index (κ1) is 70.6. The summed E-state index contributed by atoms with van der Waals surface area (Å²) in [4.78, 5) is 152. The summed E-state index contributed by atoms with van der Waals surface area (Å²) in [5.41, 5.74) is 12.5. The Morgan fingerprint density at radius 3 is 1.46 bits per heavy atom. The molecule has 12 rings (SSSR count). The quantitative estimate of drug-likeness (QED) is 0.0290.